The highest BCUT2D eigenvalue weighted by molar-refractivity contribution is 7.18. The number of nitrogen functional groups attached to an aromatic ring is 1. The highest BCUT2D eigenvalue weighted by atomic mass is 32.1. The molecule has 0 unspecified atom stereocenters. The summed E-state index contributed by atoms with van der Waals surface area (Å²) < 4.78 is 1.25. The first-order valence-electron chi connectivity index (χ1n) is 8.99. The number of hydrogen-bond acceptors (Lipinski definition) is 3. The molecular weight excluding hydrogens is 288 g/mol. The van der Waals surface area contributed by atoms with Gasteiger partial charge in [0.25, 0.3) is 0 Å². The Kier molecular flexibility index (Phi) is 5.71. The lowest BCUT2D eigenvalue weighted by Gasteiger charge is -2.15. The van der Waals surface area contributed by atoms with Gasteiger partial charge < -0.3 is 5.73 Å². The van der Waals surface area contributed by atoms with E-state index in [9.17, 15) is 0 Å². The van der Waals surface area contributed by atoms with Gasteiger partial charge in [0.05, 0.1) is 15.4 Å². The van der Waals surface area contributed by atoms with Crippen LogP contribution in [-0.4, -0.2) is 4.98 Å². The average molecular weight is 317 g/mol. The molecule has 0 bridgehead atoms. The molecule has 0 saturated heterocycles. The van der Waals surface area contributed by atoms with Gasteiger partial charge in [-0.2, -0.15) is 0 Å². The zero-order chi connectivity index (χ0) is 15.2. The smallest absolute Gasteiger partial charge is 0.104 e. The summed E-state index contributed by atoms with van der Waals surface area (Å²) in [7, 11) is 0. The molecule has 22 heavy (non-hydrogen) atoms. The Balaban J connectivity index is 1.74. The minimum atomic E-state index is 0.649. The van der Waals surface area contributed by atoms with E-state index >= 15 is 0 Å². The van der Waals surface area contributed by atoms with Crippen molar-refractivity contribution in [3.63, 3.8) is 0 Å². The van der Waals surface area contributed by atoms with E-state index in [2.05, 4.69) is 6.07 Å². The SMILES string of the molecule is Nc1cccc2sc(C3CCCCCCCCCCC3)nc12. The van der Waals surface area contributed by atoms with E-state index in [4.69, 9.17) is 10.7 Å². The third-order valence-electron chi connectivity index (χ3n) is 4.92. The molecule has 2 aromatic rings. The van der Waals surface area contributed by atoms with Crippen LogP contribution in [0.1, 0.15) is 81.6 Å². The van der Waals surface area contributed by atoms with Gasteiger partial charge in [-0.05, 0) is 25.0 Å². The third kappa shape index (κ3) is 4.01. The lowest BCUT2D eigenvalue weighted by molar-refractivity contribution is 0.467. The molecule has 3 rings (SSSR count). The van der Waals surface area contributed by atoms with Gasteiger partial charge in [-0.3, -0.25) is 0 Å². The second kappa shape index (κ2) is 7.96. The van der Waals surface area contributed by atoms with Crippen molar-refractivity contribution in [3.8, 4) is 0 Å². The highest BCUT2D eigenvalue weighted by Crippen LogP contribution is 2.36. The van der Waals surface area contributed by atoms with Crippen LogP contribution in [0.15, 0.2) is 18.2 Å². The zero-order valence-corrected chi connectivity index (χ0v) is 14.3. The average Bonchev–Trinajstić information content (AvgIpc) is 2.93. The Morgan fingerprint density at radius 3 is 2.05 bits per heavy atom. The van der Waals surface area contributed by atoms with E-state index in [0.717, 1.165) is 11.2 Å². The molecule has 1 aromatic carbocycles. The van der Waals surface area contributed by atoms with Crippen LogP contribution >= 0.6 is 11.3 Å². The molecular formula is C19H28N2S. The Morgan fingerprint density at radius 2 is 1.45 bits per heavy atom. The number of fused-ring (bicyclic) bond motifs is 1. The lowest BCUT2D eigenvalue weighted by Crippen LogP contribution is -2.00. The van der Waals surface area contributed by atoms with Crippen LogP contribution in [0.3, 0.4) is 0 Å². The minimum absolute atomic E-state index is 0.649. The fourth-order valence-electron chi connectivity index (χ4n) is 3.57. The van der Waals surface area contributed by atoms with Crippen LogP contribution in [0.2, 0.25) is 0 Å². The number of nitrogens with two attached hydrogens (primary N) is 1. The summed E-state index contributed by atoms with van der Waals surface area (Å²) in [4.78, 5) is 4.90. The first-order chi connectivity index (χ1) is 10.8. The molecule has 3 heteroatoms. The molecule has 0 spiro atoms. The van der Waals surface area contributed by atoms with Gasteiger partial charge in [0.15, 0.2) is 0 Å². The molecule has 1 heterocycles. The van der Waals surface area contributed by atoms with E-state index in [0.29, 0.717) is 5.92 Å². The molecule has 120 valence electrons. The molecule has 1 aliphatic carbocycles. The molecule has 0 amide bonds. The normalized spacial score (nSPS) is 19.6. The number of rotatable bonds is 1. The van der Waals surface area contributed by atoms with Gasteiger partial charge in [-0.25, -0.2) is 4.98 Å². The lowest BCUT2D eigenvalue weighted by atomic mass is 9.93. The van der Waals surface area contributed by atoms with Crippen molar-refractivity contribution in [1.29, 1.82) is 0 Å². The van der Waals surface area contributed by atoms with Crippen molar-refractivity contribution in [2.24, 2.45) is 0 Å². The molecule has 0 aliphatic heterocycles. The summed E-state index contributed by atoms with van der Waals surface area (Å²) in [5.41, 5.74) is 7.93. The molecule has 1 aromatic heterocycles. The molecule has 0 atom stereocenters. The summed E-state index contributed by atoms with van der Waals surface area (Å²) in [6, 6.07) is 6.16. The second-order valence-corrected chi connectivity index (χ2v) is 7.76. The number of para-hydroxylation sites is 1. The maximum absolute atomic E-state index is 6.08. The van der Waals surface area contributed by atoms with E-state index in [1.807, 2.05) is 23.5 Å². The first kappa shape index (κ1) is 15.8. The van der Waals surface area contributed by atoms with Crippen LogP contribution in [0.4, 0.5) is 5.69 Å². The van der Waals surface area contributed by atoms with E-state index in [-0.39, 0.29) is 0 Å². The maximum atomic E-state index is 6.08. The molecule has 0 radical (unpaired) electrons. The third-order valence-corrected chi connectivity index (χ3v) is 6.10. The predicted octanol–water partition coefficient (Wildman–Crippen LogP) is 6.27. The van der Waals surface area contributed by atoms with Crippen molar-refractivity contribution < 1.29 is 0 Å². The van der Waals surface area contributed by atoms with Crippen LogP contribution in [0.5, 0.6) is 0 Å². The van der Waals surface area contributed by atoms with Crippen LogP contribution in [0.25, 0.3) is 10.2 Å². The van der Waals surface area contributed by atoms with Gasteiger partial charge in [0.1, 0.15) is 5.52 Å². The topological polar surface area (TPSA) is 38.9 Å². The van der Waals surface area contributed by atoms with Gasteiger partial charge >= 0.3 is 0 Å². The van der Waals surface area contributed by atoms with Crippen LogP contribution in [0, 0.1) is 0 Å². The first-order valence-corrected chi connectivity index (χ1v) is 9.81. The van der Waals surface area contributed by atoms with Gasteiger partial charge in [0, 0.05) is 5.92 Å². The Morgan fingerprint density at radius 1 is 0.864 bits per heavy atom. The maximum Gasteiger partial charge on any atom is 0.104 e. The molecule has 2 nitrogen and oxygen atoms in total. The van der Waals surface area contributed by atoms with E-state index in [1.165, 1.54) is 80.3 Å². The number of anilines is 1. The molecule has 1 saturated carbocycles. The number of hydrogen-bond donors (Lipinski definition) is 1. The van der Waals surface area contributed by atoms with Crippen molar-refractivity contribution in [2.45, 2.75) is 76.5 Å². The fourth-order valence-corrected chi connectivity index (χ4v) is 4.74. The summed E-state index contributed by atoms with van der Waals surface area (Å²) in [5.74, 6) is 0.649. The molecule has 1 aliphatic rings. The summed E-state index contributed by atoms with van der Waals surface area (Å²) in [6.45, 7) is 0. The molecule has 1 fully saturated rings. The van der Waals surface area contributed by atoms with Crippen molar-refractivity contribution in [2.75, 3.05) is 5.73 Å². The predicted molar refractivity (Wildman–Crippen MR) is 97.6 cm³/mol. The monoisotopic (exact) mass is 316 g/mol. The van der Waals surface area contributed by atoms with Gasteiger partial charge in [0.2, 0.25) is 0 Å². The number of aromatic nitrogens is 1. The summed E-state index contributed by atoms with van der Waals surface area (Å²) in [5, 5.41) is 1.32. The largest absolute Gasteiger partial charge is 0.397 e. The summed E-state index contributed by atoms with van der Waals surface area (Å²) >= 11 is 1.86. The van der Waals surface area contributed by atoms with Crippen molar-refractivity contribution in [1.82, 2.24) is 4.98 Å². The number of thiazole rings is 1. The van der Waals surface area contributed by atoms with Crippen molar-refractivity contribution in [3.05, 3.63) is 23.2 Å². The quantitative estimate of drug-likeness (QED) is 0.630. The Bertz CT molecular complexity index is 578. The highest BCUT2D eigenvalue weighted by Gasteiger charge is 2.17. The Labute approximate surface area is 138 Å². The number of benzene rings is 1. The van der Waals surface area contributed by atoms with E-state index in [1.54, 1.807) is 0 Å². The number of nitrogens with zero attached hydrogens (tertiary/aromatic N) is 1. The van der Waals surface area contributed by atoms with Crippen LogP contribution < -0.4 is 5.73 Å². The zero-order valence-electron chi connectivity index (χ0n) is 13.5. The van der Waals surface area contributed by atoms with E-state index < -0.39 is 0 Å². The standard InChI is InChI=1S/C19H28N2S/c20-16-13-10-14-17-18(16)21-19(22-17)15-11-8-6-4-2-1-3-5-7-9-12-15/h10,13-15H,1-9,11-12,20H2. The fraction of sp³-hybridized carbons (Fsp3) is 0.632. The Hall–Kier alpha value is -1.09. The summed E-state index contributed by atoms with van der Waals surface area (Å²) in [6.07, 6.45) is 15.3. The second-order valence-electron chi connectivity index (χ2n) is 6.70. The molecule has 2 N–H and O–H groups in total. The van der Waals surface area contributed by atoms with Gasteiger partial charge in [-0.15, -0.1) is 11.3 Å². The van der Waals surface area contributed by atoms with Gasteiger partial charge in [-0.1, -0.05) is 63.9 Å². The minimum Gasteiger partial charge on any atom is -0.397 e. The van der Waals surface area contributed by atoms with Crippen LogP contribution in [-0.2, 0) is 0 Å². The van der Waals surface area contributed by atoms with Crippen molar-refractivity contribution >= 4 is 27.2 Å².